The Morgan fingerprint density at radius 3 is 3.20 bits per heavy atom. The lowest BCUT2D eigenvalue weighted by Crippen LogP contribution is -1.69. The molecule has 0 aliphatic rings. The van der Waals surface area contributed by atoms with Gasteiger partial charge < -0.3 is 0 Å². The van der Waals surface area contributed by atoms with Crippen molar-refractivity contribution in [3.8, 4) is 0 Å². The molecule has 0 saturated carbocycles. The van der Waals surface area contributed by atoms with Gasteiger partial charge in [-0.3, -0.25) is 0 Å². The van der Waals surface area contributed by atoms with Crippen LogP contribution in [0.4, 0.5) is 5.69 Å². The second-order valence-electron chi connectivity index (χ2n) is 2.77. The van der Waals surface area contributed by atoms with Gasteiger partial charge >= 0.3 is 0 Å². The molecule has 0 fully saturated rings. The Bertz CT molecular complexity index is 529. The number of fused-ring (bicyclic) bond motifs is 1. The van der Waals surface area contributed by atoms with Gasteiger partial charge in [0.25, 0.3) is 0 Å². The Hall–Kier alpha value is -1.16. The van der Waals surface area contributed by atoms with Gasteiger partial charge in [0.2, 0.25) is 6.08 Å². The fourth-order valence-electron chi connectivity index (χ4n) is 1.20. The maximum absolute atomic E-state index is 10.1. The van der Waals surface area contributed by atoms with Gasteiger partial charge in [0.05, 0.1) is 15.9 Å². The fraction of sp³-hybridized carbons (Fsp3) is 0.200. The number of thiazole rings is 1. The highest BCUT2D eigenvalue weighted by Crippen LogP contribution is 2.31. The number of aliphatic imine (C=N–C) groups is 1. The number of aromatic nitrogens is 1. The summed E-state index contributed by atoms with van der Waals surface area (Å²) in [7, 11) is 0. The minimum absolute atomic E-state index is 0.634. The molecule has 0 atom stereocenters. The number of thioether (sulfide) groups is 1. The fourth-order valence-corrected chi connectivity index (χ4v) is 3.20. The van der Waals surface area contributed by atoms with E-state index in [4.69, 9.17) is 0 Å². The van der Waals surface area contributed by atoms with Crippen molar-refractivity contribution in [3.63, 3.8) is 0 Å². The van der Waals surface area contributed by atoms with Crippen molar-refractivity contribution in [3.05, 3.63) is 18.2 Å². The maximum Gasteiger partial charge on any atom is 0.240 e. The monoisotopic (exact) mass is 236 g/mol. The van der Waals surface area contributed by atoms with E-state index in [0.29, 0.717) is 5.69 Å². The number of carbonyl (C=O) groups excluding carboxylic acids is 1. The van der Waals surface area contributed by atoms with Crippen molar-refractivity contribution in [2.24, 2.45) is 4.99 Å². The summed E-state index contributed by atoms with van der Waals surface area (Å²) in [6.45, 7) is 2.10. The van der Waals surface area contributed by atoms with Crippen LogP contribution in [0.15, 0.2) is 27.5 Å². The van der Waals surface area contributed by atoms with Crippen LogP contribution < -0.4 is 0 Å². The van der Waals surface area contributed by atoms with Crippen molar-refractivity contribution in [1.29, 1.82) is 0 Å². The zero-order valence-electron chi connectivity index (χ0n) is 8.06. The summed E-state index contributed by atoms with van der Waals surface area (Å²) in [5.74, 6) is 1.01. The zero-order chi connectivity index (χ0) is 10.7. The van der Waals surface area contributed by atoms with Crippen LogP contribution in [0.2, 0.25) is 0 Å². The van der Waals surface area contributed by atoms with Crippen molar-refractivity contribution < 1.29 is 4.79 Å². The maximum atomic E-state index is 10.1. The van der Waals surface area contributed by atoms with Gasteiger partial charge in [0.15, 0.2) is 4.34 Å². The third-order valence-corrected chi connectivity index (χ3v) is 3.84. The number of hydrogen-bond donors (Lipinski definition) is 0. The minimum Gasteiger partial charge on any atom is -0.230 e. The first-order valence-electron chi connectivity index (χ1n) is 4.44. The van der Waals surface area contributed by atoms with Gasteiger partial charge in [0.1, 0.15) is 0 Å². The van der Waals surface area contributed by atoms with Crippen molar-refractivity contribution in [2.45, 2.75) is 11.3 Å². The van der Waals surface area contributed by atoms with E-state index in [-0.39, 0.29) is 0 Å². The molecule has 76 valence electrons. The average Bonchev–Trinajstić information content (AvgIpc) is 2.60. The number of isocyanates is 1. The van der Waals surface area contributed by atoms with Gasteiger partial charge in [0, 0.05) is 0 Å². The van der Waals surface area contributed by atoms with Crippen LogP contribution >= 0.6 is 23.1 Å². The summed E-state index contributed by atoms with van der Waals surface area (Å²) in [5.41, 5.74) is 1.59. The normalized spacial score (nSPS) is 10.2. The minimum atomic E-state index is 0.634. The molecule has 1 aromatic carbocycles. The van der Waals surface area contributed by atoms with E-state index in [2.05, 4.69) is 16.9 Å². The van der Waals surface area contributed by atoms with E-state index < -0.39 is 0 Å². The number of hydrogen-bond acceptors (Lipinski definition) is 5. The van der Waals surface area contributed by atoms with Crippen molar-refractivity contribution >= 4 is 45.1 Å². The molecule has 1 heterocycles. The molecule has 5 heteroatoms. The molecule has 3 nitrogen and oxygen atoms in total. The Kier molecular flexibility index (Phi) is 3.16. The molecule has 0 spiro atoms. The average molecular weight is 236 g/mol. The number of nitrogens with zero attached hydrogens (tertiary/aromatic N) is 2. The van der Waals surface area contributed by atoms with Crippen LogP contribution in [-0.2, 0) is 4.79 Å². The van der Waals surface area contributed by atoms with Crippen LogP contribution in [-0.4, -0.2) is 16.8 Å². The molecule has 15 heavy (non-hydrogen) atoms. The van der Waals surface area contributed by atoms with E-state index >= 15 is 0 Å². The van der Waals surface area contributed by atoms with Gasteiger partial charge in [-0.25, -0.2) is 9.78 Å². The predicted molar refractivity (Wildman–Crippen MR) is 63.8 cm³/mol. The largest absolute Gasteiger partial charge is 0.240 e. The van der Waals surface area contributed by atoms with E-state index in [1.807, 2.05) is 12.1 Å². The van der Waals surface area contributed by atoms with Gasteiger partial charge in [-0.2, -0.15) is 4.99 Å². The standard InChI is InChI=1S/C10H8N2OS2/c1-2-14-10-12-8-4-3-7(11-6-13)5-9(8)15-10/h3-5H,2H2,1H3. The van der Waals surface area contributed by atoms with Crippen molar-refractivity contribution in [2.75, 3.05) is 5.75 Å². The lowest BCUT2D eigenvalue weighted by Gasteiger charge is -1.88. The highest BCUT2D eigenvalue weighted by molar-refractivity contribution is 8.01. The van der Waals surface area contributed by atoms with Crippen LogP contribution in [0.25, 0.3) is 10.2 Å². The van der Waals surface area contributed by atoms with Gasteiger partial charge in [-0.15, -0.1) is 11.3 Å². The molecule has 2 aromatic rings. The Balaban J connectivity index is 2.47. The van der Waals surface area contributed by atoms with Crippen LogP contribution in [0.5, 0.6) is 0 Å². The predicted octanol–water partition coefficient (Wildman–Crippen LogP) is 3.38. The first-order valence-corrected chi connectivity index (χ1v) is 6.25. The van der Waals surface area contributed by atoms with Crippen LogP contribution in [0.3, 0.4) is 0 Å². The zero-order valence-corrected chi connectivity index (χ0v) is 9.69. The summed E-state index contributed by atoms with van der Waals surface area (Å²) in [6, 6.07) is 5.51. The summed E-state index contributed by atoms with van der Waals surface area (Å²) in [5, 5.41) is 0. The van der Waals surface area contributed by atoms with Crippen molar-refractivity contribution in [1.82, 2.24) is 4.98 Å². The summed E-state index contributed by atoms with van der Waals surface area (Å²) in [4.78, 5) is 18.1. The molecule has 0 N–H and O–H groups in total. The Morgan fingerprint density at radius 1 is 1.60 bits per heavy atom. The molecule has 0 unspecified atom stereocenters. The highest BCUT2D eigenvalue weighted by Gasteiger charge is 2.03. The van der Waals surface area contributed by atoms with Gasteiger partial charge in [-0.05, 0) is 24.0 Å². The second-order valence-corrected chi connectivity index (χ2v) is 5.31. The van der Waals surface area contributed by atoms with E-state index in [9.17, 15) is 4.79 Å². The van der Waals surface area contributed by atoms with Gasteiger partial charge in [-0.1, -0.05) is 18.7 Å². The second kappa shape index (κ2) is 4.57. The molecule has 0 aliphatic carbocycles. The third kappa shape index (κ3) is 2.26. The molecule has 2 rings (SSSR count). The highest BCUT2D eigenvalue weighted by atomic mass is 32.2. The van der Waals surface area contributed by atoms with E-state index in [1.165, 1.54) is 6.08 Å². The first kappa shape index (κ1) is 10.4. The molecule has 1 aromatic heterocycles. The molecule has 0 amide bonds. The van der Waals surface area contributed by atoms with Crippen LogP contribution in [0, 0.1) is 0 Å². The number of rotatable bonds is 3. The Morgan fingerprint density at radius 2 is 2.47 bits per heavy atom. The molecular weight excluding hydrogens is 228 g/mol. The summed E-state index contributed by atoms with van der Waals surface area (Å²) in [6.07, 6.45) is 1.53. The summed E-state index contributed by atoms with van der Waals surface area (Å²) >= 11 is 3.34. The molecule has 0 saturated heterocycles. The lowest BCUT2D eigenvalue weighted by atomic mass is 10.3. The molecule has 0 radical (unpaired) electrons. The topological polar surface area (TPSA) is 42.3 Å². The van der Waals surface area contributed by atoms with E-state index in [0.717, 1.165) is 20.3 Å². The smallest absolute Gasteiger partial charge is 0.230 e. The Labute approximate surface area is 95.2 Å². The SMILES string of the molecule is CCSc1nc2ccc(N=C=O)cc2s1. The van der Waals surface area contributed by atoms with Crippen LogP contribution in [0.1, 0.15) is 6.92 Å². The number of benzene rings is 1. The lowest BCUT2D eigenvalue weighted by molar-refractivity contribution is 0.565. The molecule has 0 aliphatic heterocycles. The van der Waals surface area contributed by atoms with E-state index in [1.54, 1.807) is 29.2 Å². The molecule has 0 bridgehead atoms. The first-order chi connectivity index (χ1) is 7.33. The third-order valence-electron chi connectivity index (χ3n) is 1.79. The molecular formula is C10H8N2OS2. The quantitative estimate of drug-likeness (QED) is 0.466. The summed E-state index contributed by atoms with van der Waals surface area (Å²) < 4.78 is 2.11.